The summed E-state index contributed by atoms with van der Waals surface area (Å²) in [5.41, 5.74) is 15.6. The third-order valence-electron chi connectivity index (χ3n) is 11.0. The Morgan fingerprint density at radius 2 is 0.964 bits per heavy atom. The van der Waals surface area contributed by atoms with Crippen molar-refractivity contribution in [2.75, 3.05) is 11.4 Å². The standard InChI is InChI=1S/C54H38N2/c1-37-17-6-5-15-36-55-49(35-28-37)56(41-22-11-4-12-23-41)42-31-29-38(30-32-42)43-33-34-48-52-44(43)26-16-27-47(52)53-50(39-18-7-2-8-19-39)45-24-13-14-25-46(45)51(54(48)53)40-20-9-3-10-21-40/h2-35H,1,36H2/b15-5-,17-6-,35-28?,55-49?. The van der Waals surface area contributed by atoms with Crippen molar-refractivity contribution in [2.24, 2.45) is 4.99 Å². The number of rotatable bonds is 5. The molecular formula is C54H38N2. The van der Waals surface area contributed by atoms with Crippen LogP contribution in [0.2, 0.25) is 0 Å². The zero-order chi connectivity index (χ0) is 37.4. The van der Waals surface area contributed by atoms with Crippen molar-refractivity contribution < 1.29 is 0 Å². The lowest BCUT2D eigenvalue weighted by Crippen LogP contribution is -2.24. The van der Waals surface area contributed by atoms with Crippen molar-refractivity contribution in [3.8, 4) is 55.6 Å². The molecule has 56 heavy (non-hydrogen) atoms. The van der Waals surface area contributed by atoms with Gasteiger partial charge in [-0.2, -0.15) is 0 Å². The second-order valence-electron chi connectivity index (χ2n) is 14.3. The van der Waals surface area contributed by atoms with Gasteiger partial charge in [0.2, 0.25) is 0 Å². The quantitative estimate of drug-likeness (QED) is 0.173. The van der Waals surface area contributed by atoms with Crippen molar-refractivity contribution in [2.45, 2.75) is 0 Å². The van der Waals surface area contributed by atoms with Crippen LogP contribution in [-0.2, 0) is 0 Å². The first kappa shape index (κ1) is 33.3. The van der Waals surface area contributed by atoms with Crippen LogP contribution in [0.1, 0.15) is 0 Å². The van der Waals surface area contributed by atoms with Gasteiger partial charge in [0.25, 0.3) is 0 Å². The van der Waals surface area contributed by atoms with Gasteiger partial charge >= 0.3 is 0 Å². The first-order valence-corrected chi connectivity index (χ1v) is 19.2. The molecule has 2 heteroatoms. The molecule has 0 atom stereocenters. The number of hydrogen-bond donors (Lipinski definition) is 0. The summed E-state index contributed by atoms with van der Waals surface area (Å²) in [7, 11) is 0. The van der Waals surface area contributed by atoms with Crippen LogP contribution >= 0.6 is 0 Å². The maximum atomic E-state index is 5.01. The van der Waals surface area contributed by atoms with Crippen LogP contribution in [0.4, 0.5) is 11.4 Å². The molecule has 0 fully saturated rings. The molecule has 1 heterocycles. The lowest BCUT2D eigenvalue weighted by molar-refractivity contribution is 1.20. The zero-order valence-corrected chi connectivity index (χ0v) is 30.9. The van der Waals surface area contributed by atoms with Crippen LogP contribution in [0.15, 0.2) is 223 Å². The molecule has 1 aliphatic carbocycles. The van der Waals surface area contributed by atoms with Crippen LogP contribution < -0.4 is 4.90 Å². The predicted molar refractivity (Wildman–Crippen MR) is 240 cm³/mol. The van der Waals surface area contributed by atoms with Gasteiger partial charge in [-0.25, -0.2) is 0 Å². The number of allylic oxidation sites excluding steroid dienone is 5. The zero-order valence-electron chi connectivity index (χ0n) is 30.9. The predicted octanol–water partition coefficient (Wildman–Crippen LogP) is 14.4. The minimum atomic E-state index is 0.578. The van der Waals surface area contributed by atoms with E-state index >= 15 is 0 Å². The molecule has 1 aliphatic heterocycles. The van der Waals surface area contributed by atoms with Crippen molar-refractivity contribution >= 4 is 38.8 Å². The maximum Gasteiger partial charge on any atom is 0.132 e. The highest BCUT2D eigenvalue weighted by atomic mass is 15.2. The summed E-state index contributed by atoms with van der Waals surface area (Å²) in [6.07, 6.45) is 12.2. The van der Waals surface area contributed by atoms with Gasteiger partial charge in [-0.1, -0.05) is 183 Å². The van der Waals surface area contributed by atoms with E-state index in [4.69, 9.17) is 4.99 Å². The molecule has 10 rings (SSSR count). The van der Waals surface area contributed by atoms with Crippen LogP contribution in [0.25, 0.3) is 77.2 Å². The maximum absolute atomic E-state index is 5.01. The first-order chi connectivity index (χ1) is 27.7. The molecule has 2 nitrogen and oxygen atoms in total. The normalized spacial score (nSPS) is 14.4. The fourth-order valence-electron chi connectivity index (χ4n) is 8.54. The Morgan fingerprint density at radius 3 is 1.62 bits per heavy atom. The van der Waals surface area contributed by atoms with E-state index in [0.29, 0.717) is 6.54 Å². The number of nitrogens with zero attached hydrogens (tertiary/aromatic N) is 2. The molecule has 2 aliphatic rings. The molecule has 0 unspecified atom stereocenters. The van der Waals surface area contributed by atoms with E-state index in [2.05, 4.69) is 187 Å². The van der Waals surface area contributed by atoms with Crippen molar-refractivity contribution in [1.29, 1.82) is 0 Å². The van der Waals surface area contributed by atoms with Gasteiger partial charge in [-0.3, -0.25) is 9.89 Å². The molecule has 0 bridgehead atoms. The lowest BCUT2D eigenvalue weighted by atomic mass is 9.82. The van der Waals surface area contributed by atoms with Gasteiger partial charge in [0.05, 0.1) is 6.54 Å². The second-order valence-corrected chi connectivity index (χ2v) is 14.3. The van der Waals surface area contributed by atoms with Gasteiger partial charge in [0.1, 0.15) is 5.84 Å². The van der Waals surface area contributed by atoms with E-state index in [1.165, 1.54) is 77.2 Å². The number of amidine groups is 1. The van der Waals surface area contributed by atoms with Gasteiger partial charge in [-0.15, -0.1) is 0 Å². The molecular weight excluding hydrogens is 677 g/mol. The minimum Gasteiger partial charge on any atom is -0.295 e. The summed E-state index contributed by atoms with van der Waals surface area (Å²) in [6, 6.07) is 61.7. The fourth-order valence-corrected chi connectivity index (χ4v) is 8.54. The van der Waals surface area contributed by atoms with Crippen LogP contribution in [-0.4, -0.2) is 12.4 Å². The topological polar surface area (TPSA) is 15.6 Å². The number of fused-ring (bicyclic) bond motifs is 4. The number of aliphatic imine (C=N–C) groups is 1. The van der Waals surface area contributed by atoms with Gasteiger partial charge in [0, 0.05) is 11.4 Å². The molecule has 0 amide bonds. The SMILES string of the molecule is C=C1C=CC(N(c2ccccc2)c2ccc(-c3ccc4c5c(cccc35)-c3c-4c(-c4ccccc4)c4ccccc4c3-c3ccccc3)cc2)=NC/C=C\C=C/1. The summed E-state index contributed by atoms with van der Waals surface area (Å²) in [5, 5.41) is 5.10. The molecule has 264 valence electrons. The average molecular weight is 715 g/mol. The largest absolute Gasteiger partial charge is 0.295 e. The monoisotopic (exact) mass is 714 g/mol. The Balaban J connectivity index is 1.15. The van der Waals surface area contributed by atoms with Crippen LogP contribution in [0, 0.1) is 0 Å². The lowest BCUT2D eigenvalue weighted by Gasteiger charge is -2.25. The van der Waals surface area contributed by atoms with E-state index < -0.39 is 0 Å². The fraction of sp³-hybridized carbons (Fsp3) is 0.0185. The summed E-state index contributed by atoms with van der Waals surface area (Å²) in [6.45, 7) is 4.78. The minimum absolute atomic E-state index is 0.578. The molecule has 0 aromatic heterocycles. The Kier molecular flexibility index (Phi) is 8.42. The average Bonchev–Trinajstić information content (AvgIpc) is 3.59. The number of para-hydroxylation sites is 1. The summed E-state index contributed by atoms with van der Waals surface area (Å²) >= 11 is 0. The number of anilines is 2. The molecule has 0 radical (unpaired) electrons. The molecule has 0 N–H and O–H groups in total. The highest BCUT2D eigenvalue weighted by Gasteiger charge is 2.31. The van der Waals surface area contributed by atoms with E-state index in [1.807, 2.05) is 30.4 Å². The van der Waals surface area contributed by atoms with Crippen molar-refractivity contribution in [3.05, 3.63) is 218 Å². The smallest absolute Gasteiger partial charge is 0.132 e. The summed E-state index contributed by atoms with van der Waals surface area (Å²) in [4.78, 5) is 7.23. The second kappa shape index (κ2) is 14.2. The third kappa shape index (κ3) is 5.71. The summed E-state index contributed by atoms with van der Waals surface area (Å²) < 4.78 is 0. The molecule has 0 saturated heterocycles. The summed E-state index contributed by atoms with van der Waals surface area (Å²) in [5.74, 6) is 0.851. The van der Waals surface area contributed by atoms with Gasteiger partial charge in [0.15, 0.2) is 0 Å². The van der Waals surface area contributed by atoms with Crippen LogP contribution in [0.3, 0.4) is 0 Å². The molecule has 8 aromatic rings. The van der Waals surface area contributed by atoms with E-state index in [-0.39, 0.29) is 0 Å². The van der Waals surface area contributed by atoms with Crippen molar-refractivity contribution in [1.82, 2.24) is 0 Å². The number of hydrogen-bond acceptors (Lipinski definition) is 2. The highest BCUT2D eigenvalue weighted by molar-refractivity contribution is 6.28. The van der Waals surface area contributed by atoms with Crippen LogP contribution in [0.5, 0.6) is 0 Å². The van der Waals surface area contributed by atoms with E-state index in [1.54, 1.807) is 0 Å². The Morgan fingerprint density at radius 1 is 0.411 bits per heavy atom. The van der Waals surface area contributed by atoms with Crippen molar-refractivity contribution in [3.63, 3.8) is 0 Å². The van der Waals surface area contributed by atoms with Gasteiger partial charge in [-0.05, 0) is 113 Å². The molecule has 0 spiro atoms. The Bertz CT molecular complexity index is 2820. The van der Waals surface area contributed by atoms with E-state index in [0.717, 1.165) is 22.8 Å². The number of benzene rings is 8. The van der Waals surface area contributed by atoms with E-state index in [9.17, 15) is 0 Å². The first-order valence-electron chi connectivity index (χ1n) is 19.2. The third-order valence-corrected chi connectivity index (χ3v) is 11.0. The highest BCUT2D eigenvalue weighted by Crippen LogP contribution is 2.58. The Labute approximate surface area is 328 Å². The Hall–Kier alpha value is -7.29. The molecule has 0 saturated carbocycles. The van der Waals surface area contributed by atoms with Gasteiger partial charge < -0.3 is 0 Å². The molecule has 8 aromatic carbocycles.